The van der Waals surface area contributed by atoms with Gasteiger partial charge in [-0.3, -0.25) is 4.98 Å². The molecule has 18 heavy (non-hydrogen) atoms. The largest absolute Gasteiger partial charge is 0.383 e. The van der Waals surface area contributed by atoms with E-state index in [1.807, 2.05) is 42.5 Å². The van der Waals surface area contributed by atoms with Gasteiger partial charge in [0.05, 0.1) is 11.2 Å². The Labute approximate surface area is 109 Å². The van der Waals surface area contributed by atoms with Gasteiger partial charge >= 0.3 is 0 Å². The summed E-state index contributed by atoms with van der Waals surface area (Å²) in [5.74, 6) is 0.468. The van der Waals surface area contributed by atoms with Crippen molar-refractivity contribution in [2.24, 2.45) is 0 Å². The lowest BCUT2D eigenvalue weighted by Crippen LogP contribution is -1.95. The Morgan fingerprint density at radius 1 is 1.06 bits per heavy atom. The van der Waals surface area contributed by atoms with E-state index in [2.05, 4.69) is 9.97 Å². The smallest absolute Gasteiger partial charge is 0.133 e. The van der Waals surface area contributed by atoms with Crippen molar-refractivity contribution in [1.82, 2.24) is 9.97 Å². The van der Waals surface area contributed by atoms with Crippen LogP contribution in [-0.4, -0.2) is 9.97 Å². The lowest BCUT2D eigenvalue weighted by molar-refractivity contribution is 1.33. The fourth-order valence-corrected chi connectivity index (χ4v) is 2.14. The molecular formula is C14H10ClN3. The van der Waals surface area contributed by atoms with Crippen LogP contribution in [0.1, 0.15) is 0 Å². The molecule has 0 spiro atoms. The Kier molecular flexibility index (Phi) is 2.61. The second-order valence-electron chi connectivity index (χ2n) is 3.94. The van der Waals surface area contributed by atoms with Crippen LogP contribution in [0.3, 0.4) is 0 Å². The van der Waals surface area contributed by atoms with E-state index in [1.165, 1.54) is 0 Å². The first-order valence-corrected chi connectivity index (χ1v) is 5.89. The Bertz CT molecular complexity index is 725. The summed E-state index contributed by atoms with van der Waals surface area (Å²) in [5.41, 5.74) is 8.37. The molecule has 2 N–H and O–H groups in total. The van der Waals surface area contributed by atoms with Crippen LogP contribution in [0, 0.1) is 0 Å². The van der Waals surface area contributed by atoms with Crippen molar-refractivity contribution in [1.29, 1.82) is 0 Å². The van der Waals surface area contributed by atoms with Crippen molar-refractivity contribution in [2.75, 3.05) is 5.73 Å². The molecule has 3 nitrogen and oxygen atoms in total. The van der Waals surface area contributed by atoms with E-state index in [-0.39, 0.29) is 0 Å². The van der Waals surface area contributed by atoms with Crippen LogP contribution in [-0.2, 0) is 0 Å². The predicted octanol–water partition coefficient (Wildman–Crippen LogP) is 3.53. The molecule has 3 rings (SSSR count). The molecule has 4 heteroatoms. The van der Waals surface area contributed by atoms with Crippen LogP contribution in [0.2, 0.25) is 5.02 Å². The summed E-state index contributed by atoms with van der Waals surface area (Å²) in [6.45, 7) is 0. The maximum atomic E-state index is 6.16. The van der Waals surface area contributed by atoms with Gasteiger partial charge in [0.2, 0.25) is 0 Å². The van der Waals surface area contributed by atoms with E-state index in [0.29, 0.717) is 10.8 Å². The molecule has 2 aromatic heterocycles. The summed E-state index contributed by atoms with van der Waals surface area (Å²) >= 11 is 6.16. The Morgan fingerprint density at radius 2 is 1.89 bits per heavy atom. The second kappa shape index (κ2) is 4.27. The first kappa shape index (κ1) is 11.0. The van der Waals surface area contributed by atoms with Gasteiger partial charge in [0.25, 0.3) is 0 Å². The van der Waals surface area contributed by atoms with Gasteiger partial charge in [-0.25, -0.2) is 4.98 Å². The molecule has 3 aromatic rings. The lowest BCUT2D eigenvalue weighted by atomic mass is 10.1. The summed E-state index contributed by atoms with van der Waals surface area (Å²) in [6, 6.07) is 13.2. The highest BCUT2D eigenvalue weighted by atomic mass is 35.5. The number of halogens is 1. The lowest BCUT2D eigenvalue weighted by Gasteiger charge is -2.07. The molecule has 0 atom stereocenters. The molecular weight excluding hydrogens is 246 g/mol. The fourth-order valence-electron chi connectivity index (χ4n) is 1.91. The third-order valence-electron chi connectivity index (χ3n) is 2.78. The number of hydrogen-bond acceptors (Lipinski definition) is 3. The fraction of sp³-hybridized carbons (Fsp3) is 0. The van der Waals surface area contributed by atoms with Gasteiger partial charge in [-0.2, -0.15) is 0 Å². The minimum atomic E-state index is 0.468. The highest BCUT2D eigenvalue weighted by molar-refractivity contribution is 6.33. The van der Waals surface area contributed by atoms with Gasteiger partial charge in [-0.15, -0.1) is 0 Å². The average molecular weight is 256 g/mol. The summed E-state index contributed by atoms with van der Waals surface area (Å²) in [6.07, 6.45) is 1.73. The van der Waals surface area contributed by atoms with Gasteiger partial charge in [0.15, 0.2) is 0 Å². The van der Waals surface area contributed by atoms with Crippen LogP contribution in [0.15, 0.2) is 48.7 Å². The highest BCUT2D eigenvalue weighted by Gasteiger charge is 2.08. The number of nitrogen functional groups attached to an aromatic ring is 1. The summed E-state index contributed by atoms with van der Waals surface area (Å²) in [5, 5.41) is 1.51. The van der Waals surface area contributed by atoms with E-state index in [4.69, 9.17) is 17.3 Å². The molecule has 2 heterocycles. The zero-order valence-electron chi connectivity index (χ0n) is 9.47. The minimum Gasteiger partial charge on any atom is -0.383 e. The number of pyridine rings is 2. The quantitative estimate of drug-likeness (QED) is 0.724. The molecule has 0 bridgehead atoms. The van der Waals surface area contributed by atoms with Gasteiger partial charge in [0.1, 0.15) is 5.82 Å². The molecule has 0 aliphatic rings. The van der Waals surface area contributed by atoms with Gasteiger partial charge in [-0.1, -0.05) is 29.8 Å². The summed E-state index contributed by atoms with van der Waals surface area (Å²) in [7, 11) is 0. The Hall–Kier alpha value is -2.13. The summed E-state index contributed by atoms with van der Waals surface area (Å²) < 4.78 is 0. The van der Waals surface area contributed by atoms with Crippen molar-refractivity contribution < 1.29 is 0 Å². The molecule has 0 aliphatic heterocycles. The first-order valence-electron chi connectivity index (χ1n) is 5.52. The van der Waals surface area contributed by atoms with Crippen LogP contribution < -0.4 is 5.73 Å². The van der Waals surface area contributed by atoms with E-state index in [0.717, 1.165) is 22.2 Å². The number of aromatic nitrogens is 2. The average Bonchev–Trinajstić information content (AvgIpc) is 2.39. The maximum Gasteiger partial charge on any atom is 0.133 e. The van der Waals surface area contributed by atoms with Gasteiger partial charge in [0, 0.05) is 22.2 Å². The van der Waals surface area contributed by atoms with Crippen molar-refractivity contribution in [2.45, 2.75) is 0 Å². The van der Waals surface area contributed by atoms with E-state index >= 15 is 0 Å². The zero-order chi connectivity index (χ0) is 12.5. The van der Waals surface area contributed by atoms with Crippen LogP contribution in [0.25, 0.3) is 22.2 Å². The van der Waals surface area contributed by atoms with E-state index < -0.39 is 0 Å². The van der Waals surface area contributed by atoms with Crippen molar-refractivity contribution in [3.05, 3.63) is 53.7 Å². The topological polar surface area (TPSA) is 51.8 Å². The van der Waals surface area contributed by atoms with Crippen LogP contribution >= 0.6 is 11.6 Å². The molecule has 0 unspecified atom stereocenters. The number of nitrogens with zero attached hydrogens (tertiary/aromatic N) is 2. The third-order valence-corrected chi connectivity index (χ3v) is 3.11. The summed E-state index contributed by atoms with van der Waals surface area (Å²) in [4.78, 5) is 8.68. The molecule has 1 aromatic carbocycles. The first-order chi connectivity index (χ1) is 8.75. The minimum absolute atomic E-state index is 0.468. The van der Waals surface area contributed by atoms with Gasteiger partial charge in [-0.05, 0) is 24.3 Å². The number of benzene rings is 1. The molecule has 0 aliphatic carbocycles. The SMILES string of the molecule is Nc1nc(-c2ccccc2Cl)cc2ncccc12. The highest BCUT2D eigenvalue weighted by Crippen LogP contribution is 2.29. The number of anilines is 1. The molecule has 88 valence electrons. The molecule has 0 amide bonds. The van der Waals surface area contributed by atoms with E-state index in [1.54, 1.807) is 6.20 Å². The predicted molar refractivity (Wildman–Crippen MR) is 74.4 cm³/mol. The van der Waals surface area contributed by atoms with Crippen molar-refractivity contribution >= 4 is 28.3 Å². The second-order valence-corrected chi connectivity index (χ2v) is 4.35. The monoisotopic (exact) mass is 255 g/mol. The van der Waals surface area contributed by atoms with Crippen molar-refractivity contribution in [3.8, 4) is 11.3 Å². The third kappa shape index (κ3) is 1.79. The number of fused-ring (bicyclic) bond motifs is 1. The Morgan fingerprint density at radius 3 is 2.72 bits per heavy atom. The number of nitrogens with two attached hydrogens (primary N) is 1. The van der Waals surface area contributed by atoms with E-state index in [9.17, 15) is 0 Å². The van der Waals surface area contributed by atoms with Crippen molar-refractivity contribution in [3.63, 3.8) is 0 Å². The maximum absolute atomic E-state index is 6.16. The van der Waals surface area contributed by atoms with Crippen LogP contribution in [0.4, 0.5) is 5.82 Å². The molecule has 0 fully saturated rings. The molecule has 0 radical (unpaired) electrons. The number of rotatable bonds is 1. The molecule has 0 saturated carbocycles. The number of hydrogen-bond donors (Lipinski definition) is 1. The Balaban J connectivity index is 2.28. The van der Waals surface area contributed by atoms with Gasteiger partial charge < -0.3 is 5.73 Å². The standard InChI is InChI=1S/C14H10ClN3/c15-11-6-2-1-4-9(11)13-8-12-10(14(16)18-13)5-3-7-17-12/h1-8H,(H2,16,18). The normalized spacial score (nSPS) is 10.7. The van der Waals surface area contributed by atoms with Crippen LogP contribution in [0.5, 0.6) is 0 Å². The zero-order valence-corrected chi connectivity index (χ0v) is 10.2. The molecule has 0 saturated heterocycles.